The maximum Gasteiger partial charge on any atom is 0.129 e. The summed E-state index contributed by atoms with van der Waals surface area (Å²) in [6.45, 7) is 2.86. The molecule has 0 saturated carbocycles. The van der Waals surface area contributed by atoms with Crippen LogP contribution in [0.4, 0.5) is 5.82 Å². The van der Waals surface area contributed by atoms with Gasteiger partial charge in [0.15, 0.2) is 0 Å². The molecule has 0 aliphatic heterocycles. The zero-order chi connectivity index (χ0) is 10.7. The molecule has 0 amide bonds. The summed E-state index contributed by atoms with van der Waals surface area (Å²) in [5, 5.41) is 3.32. The Balaban J connectivity index is 2.06. The van der Waals surface area contributed by atoms with Crippen LogP contribution >= 0.6 is 0 Å². The van der Waals surface area contributed by atoms with Gasteiger partial charge in [0.05, 0.1) is 6.54 Å². The molecule has 1 N–H and O–H groups in total. The Morgan fingerprint density at radius 3 is 2.87 bits per heavy atom. The van der Waals surface area contributed by atoms with E-state index in [4.69, 9.17) is 0 Å². The minimum atomic E-state index is 0.807. The van der Waals surface area contributed by atoms with E-state index < -0.39 is 0 Å². The molecule has 0 fully saturated rings. The fourth-order valence-electron chi connectivity index (χ4n) is 1.53. The van der Waals surface area contributed by atoms with Crippen molar-refractivity contribution in [1.82, 2.24) is 9.55 Å². The van der Waals surface area contributed by atoms with E-state index in [0.29, 0.717) is 0 Å². The summed E-state index contributed by atoms with van der Waals surface area (Å²) in [4.78, 5) is 4.29. The van der Waals surface area contributed by atoms with E-state index in [2.05, 4.69) is 33.9 Å². The third-order valence-corrected chi connectivity index (χ3v) is 2.50. The highest BCUT2D eigenvalue weighted by molar-refractivity contribution is 5.42. The molecule has 0 aliphatic rings. The van der Waals surface area contributed by atoms with Crippen LogP contribution < -0.4 is 5.32 Å². The molecule has 3 nitrogen and oxygen atoms in total. The maximum atomic E-state index is 4.29. The average Bonchev–Trinajstić information content (AvgIpc) is 2.63. The molecule has 2 aromatic heterocycles. The Hall–Kier alpha value is -1.77. The van der Waals surface area contributed by atoms with Crippen LogP contribution in [0.5, 0.6) is 0 Å². The van der Waals surface area contributed by atoms with Gasteiger partial charge in [-0.1, -0.05) is 6.07 Å². The van der Waals surface area contributed by atoms with Crippen molar-refractivity contribution < 1.29 is 0 Å². The van der Waals surface area contributed by atoms with Crippen LogP contribution in [0.3, 0.4) is 0 Å². The van der Waals surface area contributed by atoms with Crippen LogP contribution in [0.15, 0.2) is 36.7 Å². The maximum absolute atomic E-state index is 4.29. The largest absolute Gasteiger partial charge is 0.364 e. The fourth-order valence-corrected chi connectivity index (χ4v) is 1.53. The highest BCUT2D eigenvalue weighted by Gasteiger charge is 1.99. The SMILES string of the molecule is Cc1cccnc1NCc1cccn1C. The summed E-state index contributed by atoms with van der Waals surface area (Å²) in [7, 11) is 2.04. The van der Waals surface area contributed by atoms with E-state index in [0.717, 1.165) is 12.4 Å². The monoisotopic (exact) mass is 201 g/mol. The smallest absolute Gasteiger partial charge is 0.129 e. The van der Waals surface area contributed by atoms with Gasteiger partial charge in [-0.2, -0.15) is 0 Å². The van der Waals surface area contributed by atoms with Crippen molar-refractivity contribution in [2.24, 2.45) is 7.05 Å². The quantitative estimate of drug-likeness (QED) is 0.826. The number of rotatable bonds is 3. The summed E-state index contributed by atoms with van der Waals surface area (Å²) in [6, 6.07) is 8.15. The van der Waals surface area contributed by atoms with Gasteiger partial charge in [0.1, 0.15) is 5.82 Å². The summed E-state index contributed by atoms with van der Waals surface area (Å²) < 4.78 is 2.10. The molecule has 2 heterocycles. The molecule has 15 heavy (non-hydrogen) atoms. The lowest BCUT2D eigenvalue weighted by atomic mass is 10.3. The van der Waals surface area contributed by atoms with Crippen molar-refractivity contribution in [3.05, 3.63) is 47.9 Å². The molecule has 0 aromatic carbocycles. The first-order chi connectivity index (χ1) is 7.27. The second-order valence-corrected chi connectivity index (χ2v) is 3.63. The predicted molar refractivity (Wildman–Crippen MR) is 61.7 cm³/mol. The van der Waals surface area contributed by atoms with E-state index in [9.17, 15) is 0 Å². The van der Waals surface area contributed by atoms with Gasteiger partial charge in [-0.15, -0.1) is 0 Å². The molecule has 3 heteroatoms. The first-order valence-electron chi connectivity index (χ1n) is 5.03. The molecule has 2 aromatic rings. The van der Waals surface area contributed by atoms with E-state index in [1.165, 1.54) is 11.3 Å². The summed E-state index contributed by atoms with van der Waals surface area (Å²) >= 11 is 0. The third kappa shape index (κ3) is 2.18. The molecular weight excluding hydrogens is 186 g/mol. The zero-order valence-corrected chi connectivity index (χ0v) is 9.07. The Morgan fingerprint density at radius 1 is 1.33 bits per heavy atom. The highest BCUT2D eigenvalue weighted by atomic mass is 15.0. The predicted octanol–water partition coefficient (Wildman–Crippen LogP) is 2.34. The molecule has 2 rings (SSSR count). The van der Waals surface area contributed by atoms with Gasteiger partial charge in [-0.3, -0.25) is 0 Å². The Labute approximate surface area is 89.8 Å². The molecule has 0 saturated heterocycles. The van der Waals surface area contributed by atoms with Crippen molar-refractivity contribution in [3.63, 3.8) is 0 Å². The van der Waals surface area contributed by atoms with Crippen LogP contribution in [0.1, 0.15) is 11.3 Å². The van der Waals surface area contributed by atoms with Crippen LogP contribution in [0, 0.1) is 6.92 Å². The minimum Gasteiger partial charge on any atom is -0.364 e. The number of hydrogen-bond donors (Lipinski definition) is 1. The van der Waals surface area contributed by atoms with Crippen molar-refractivity contribution in [2.45, 2.75) is 13.5 Å². The van der Waals surface area contributed by atoms with Gasteiger partial charge >= 0.3 is 0 Å². The molecular formula is C12H15N3. The molecule has 0 radical (unpaired) electrons. The van der Waals surface area contributed by atoms with E-state index >= 15 is 0 Å². The second-order valence-electron chi connectivity index (χ2n) is 3.63. The first-order valence-corrected chi connectivity index (χ1v) is 5.03. The Morgan fingerprint density at radius 2 is 2.20 bits per heavy atom. The number of pyridine rings is 1. The van der Waals surface area contributed by atoms with Gasteiger partial charge in [-0.05, 0) is 30.7 Å². The lowest BCUT2D eigenvalue weighted by Gasteiger charge is -2.08. The average molecular weight is 201 g/mol. The van der Waals surface area contributed by atoms with Gasteiger partial charge in [0.25, 0.3) is 0 Å². The van der Waals surface area contributed by atoms with Crippen LogP contribution in [-0.4, -0.2) is 9.55 Å². The van der Waals surface area contributed by atoms with Crippen molar-refractivity contribution in [1.29, 1.82) is 0 Å². The van der Waals surface area contributed by atoms with E-state index in [1.54, 1.807) is 6.20 Å². The Kier molecular flexibility index (Phi) is 2.72. The number of anilines is 1. The lowest BCUT2D eigenvalue weighted by molar-refractivity contribution is 0.839. The normalized spacial score (nSPS) is 10.3. The molecule has 78 valence electrons. The molecule has 0 unspecified atom stereocenters. The number of aromatic nitrogens is 2. The van der Waals surface area contributed by atoms with Crippen molar-refractivity contribution in [2.75, 3.05) is 5.32 Å². The van der Waals surface area contributed by atoms with Crippen LogP contribution in [-0.2, 0) is 13.6 Å². The van der Waals surface area contributed by atoms with E-state index in [-0.39, 0.29) is 0 Å². The molecule has 0 atom stereocenters. The van der Waals surface area contributed by atoms with E-state index in [1.807, 2.05) is 25.4 Å². The first kappa shape index (κ1) is 9.77. The van der Waals surface area contributed by atoms with Crippen molar-refractivity contribution >= 4 is 5.82 Å². The molecule has 0 bridgehead atoms. The van der Waals surface area contributed by atoms with Gasteiger partial charge in [-0.25, -0.2) is 4.98 Å². The number of nitrogens with zero attached hydrogens (tertiary/aromatic N) is 2. The standard InChI is InChI=1S/C12H15N3/c1-10-5-3-7-13-12(10)14-9-11-6-4-8-15(11)2/h3-8H,9H2,1-2H3,(H,13,14). The zero-order valence-electron chi connectivity index (χ0n) is 9.07. The van der Waals surface area contributed by atoms with Gasteiger partial charge < -0.3 is 9.88 Å². The minimum absolute atomic E-state index is 0.807. The number of aryl methyl sites for hydroxylation is 2. The summed E-state index contributed by atoms with van der Waals surface area (Å²) in [5.41, 5.74) is 2.42. The summed E-state index contributed by atoms with van der Waals surface area (Å²) in [6.07, 6.45) is 3.85. The Bertz CT molecular complexity index is 446. The number of nitrogens with one attached hydrogen (secondary N) is 1. The van der Waals surface area contributed by atoms with Crippen molar-refractivity contribution in [3.8, 4) is 0 Å². The van der Waals surface area contributed by atoms with Crippen LogP contribution in [0.2, 0.25) is 0 Å². The third-order valence-electron chi connectivity index (χ3n) is 2.50. The molecule has 0 spiro atoms. The van der Waals surface area contributed by atoms with Gasteiger partial charge in [0.2, 0.25) is 0 Å². The molecule has 0 aliphatic carbocycles. The highest BCUT2D eigenvalue weighted by Crippen LogP contribution is 2.10. The number of hydrogen-bond acceptors (Lipinski definition) is 2. The summed E-state index contributed by atoms with van der Waals surface area (Å²) in [5.74, 6) is 0.957. The lowest BCUT2D eigenvalue weighted by Crippen LogP contribution is -2.06. The fraction of sp³-hybridized carbons (Fsp3) is 0.250. The van der Waals surface area contributed by atoms with Gasteiger partial charge in [0, 0.05) is 25.1 Å². The second kappa shape index (κ2) is 4.17. The topological polar surface area (TPSA) is 29.9 Å². The van der Waals surface area contributed by atoms with Crippen LogP contribution in [0.25, 0.3) is 0 Å².